The van der Waals surface area contributed by atoms with Crippen LogP contribution in [0.1, 0.15) is 42.2 Å². The van der Waals surface area contributed by atoms with Crippen LogP contribution in [0.2, 0.25) is 5.02 Å². The Labute approximate surface area is 296 Å². The summed E-state index contributed by atoms with van der Waals surface area (Å²) in [6, 6.07) is 12.7. The minimum atomic E-state index is -1.07. The van der Waals surface area contributed by atoms with Crippen molar-refractivity contribution in [1.82, 2.24) is 25.4 Å². The standard InChI is InChI=1S/C34H45ClN6O9/c1-3-36-31(42)23-29-33-40-39-24(2)41(33)30-9-8-27(22-28(30)32(38-29)25-4-6-26(35)7-5-25)50-21-20-49-19-18-48-17-16-47-15-14-46-13-12-45-11-10-37-34(43)44/h4-9,22,29,37H,3,10-21,23H2,1-2H3,(H,36,42)(H,43,44)/t29-/m0/s1. The minimum absolute atomic E-state index is 0.121. The van der Waals surface area contributed by atoms with E-state index in [2.05, 4.69) is 20.8 Å². The smallest absolute Gasteiger partial charge is 0.404 e. The quantitative estimate of drug-likeness (QED) is 0.123. The van der Waals surface area contributed by atoms with Crippen molar-refractivity contribution in [2.45, 2.75) is 26.3 Å². The molecule has 0 spiro atoms. The number of nitrogens with one attached hydrogen (secondary N) is 2. The zero-order chi connectivity index (χ0) is 35.6. The van der Waals surface area contributed by atoms with Crippen LogP contribution in [0.4, 0.5) is 4.79 Å². The number of carbonyl (C=O) groups is 2. The molecule has 2 amide bonds. The third-order valence-corrected chi connectivity index (χ3v) is 7.53. The lowest BCUT2D eigenvalue weighted by molar-refractivity contribution is -0.121. The van der Waals surface area contributed by atoms with Crippen LogP contribution in [0.3, 0.4) is 0 Å². The highest BCUT2D eigenvalue weighted by Gasteiger charge is 2.30. The summed E-state index contributed by atoms with van der Waals surface area (Å²) >= 11 is 6.21. The van der Waals surface area contributed by atoms with Crippen molar-refractivity contribution in [3.63, 3.8) is 0 Å². The number of fused-ring (bicyclic) bond motifs is 3. The van der Waals surface area contributed by atoms with Crippen LogP contribution in [0.15, 0.2) is 47.5 Å². The van der Waals surface area contributed by atoms with E-state index in [-0.39, 0.29) is 18.9 Å². The van der Waals surface area contributed by atoms with E-state index in [9.17, 15) is 9.59 Å². The highest BCUT2D eigenvalue weighted by Crippen LogP contribution is 2.34. The molecule has 0 saturated heterocycles. The van der Waals surface area contributed by atoms with Gasteiger partial charge in [0.2, 0.25) is 5.91 Å². The van der Waals surface area contributed by atoms with Crippen molar-refractivity contribution in [3.05, 3.63) is 70.3 Å². The number of hydrogen-bond acceptors (Lipinski definition) is 11. The first kappa shape index (κ1) is 38.7. The van der Waals surface area contributed by atoms with Crippen molar-refractivity contribution in [1.29, 1.82) is 0 Å². The van der Waals surface area contributed by atoms with Crippen molar-refractivity contribution >= 4 is 29.3 Å². The molecule has 0 fully saturated rings. The molecule has 0 aliphatic carbocycles. The van der Waals surface area contributed by atoms with Crippen LogP contribution in [0.25, 0.3) is 5.69 Å². The summed E-state index contributed by atoms with van der Waals surface area (Å²) in [4.78, 5) is 28.1. The van der Waals surface area contributed by atoms with Crippen molar-refractivity contribution in [2.75, 3.05) is 85.8 Å². The fourth-order valence-electron chi connectivity index (χ4n) is 5.01. The number of aromatic nitrogens is 3. The summed E-state index contributed by atoms with van der Waals surface area (Å²) in [5.74, 6) is 1.79. The van der Waals surface area contributed by atoms with Gasteiger partial charge in [0, 0.05) is 29.2 Å². The first-order valence-corrected chi connectivity index (χ1v) is 16.9. The lowest BCUT2D eigenvalue weighted by Gasteiger charge is -2.15. The fraction of sp³-hybridized carbons (Fsp3) is 0.500. The van der Waals surface area contributed by atoms with E-state index in [1.54, 1.807) is 0 Å². The SMILES string of the molecule is CCNC(=O)C[C@@H]1N=C(c2ccc(Cl)cc2)c2cc(OCCOCCOCCOCCOCCOCCNC(=O)O)ccc2-n2c(C)nnc21. The Bertz CT molecular complexity index is 1540. The lowest BCUT2D eigenvalue weighted by Crippen LogP contribution is -2.25. The zero-order valence-corrected chi connectivity index (χ0v) is 29.2. The predicted molar refractivity (Wildman–Crippen MR) is 185 cm³/mol. The Kier molecular flexibility index (Phi) is 16.4. The van der Waals surface area contributed by atoms with Gasteiger partial charge in [-0.1, -0.05) is 23.7 Å². The van der Waals surface area contributed by atoms with Crippen LogP contribution < -0.4 is 15.4 Å². The first-order chi connectivity index (χ1) is 24.4. The number of hydrogen-bond donors (Lipinski definition) is 3. The molecule has 1 aliphatic heterocycles. The molecule has 3 N–H and O–H groups in total. The Morgan fingerprint density at radius 3 is 2.02 bits per heavy atom. The topological polar surface area (TPSA) is 177 Å². The Morgan fingerprint density at radius 1 is 0.820 bits per heavy atom. The van der Waals surface area contributed by atoms with Gasteiger partial charge in [-0.3, -0.25) is 14.4 Å². The maximum atomic E-state index is 12.7. The van der Waals surface area contributed by atoms with Gasteiger partial charge in [0.1, 0.15) is 24.2 Å². The normalized spacial score (nSPS) is 13.6. The molecule has 272 valence electrons. The second-order valence-electron chi connectivity index (χ2n) is 10.9. The average Bonchev–Trinajstić information content (AvgIpc) is 3.42. The van der Waals surface area contributed by atoms with Gasteiger partial charge in [-0.15, -0.1) is 10.2 Å². The van der Waals surface area contributed by atoms with Crippen molar-refractivity contribution in [3.8, 4) is 11.4 Å². The Morgan fingerprint density at radius 2 is 1.42 bits per heavy atom. The molecule has 0 bridgehead atoms. The van der Waals surface area contributed by atoms with Crippen molar-refractivity contribution in [2.24, 2.45) is 4.99 Å². The first-order valence-electron chi connectivity index (χ1n) is 16.5. The summed E-state index contributed by atoms with van der Waals surface area (Å²) in [7, 11) is 0. The maximum Gasteiger partial charge on any atom is 0.404 e. The maximum absolute atomic E-state index is 12.7. The zero-order valence-electron chi connectivity index (χ0n) is 28.4. The van der Waals surface area contributed by atoms with Gasteiger partial charge in [0.15, 0.2) is 5.82 Å². The highest BCUT2D eigenvalue weighted by molar-refractivity contribution is 6.30. The molecule has 0 unspecified atom stereocenters. The number of ether oxygens (including phenoxy) is 6. The van der Waals surface area contributed by atoms with E-state index in [0.717, 1.165) is 16.8 Å². The fourth-order valence-corrected chi connectivity index (χ4v) is 5.14. The number of nitrogens with zero attached hydrogens (tertiary/aromatic N) is 4. The van der Waals surface area contributed by atoms with E-state index in [4.69, 9.17) is 50.1 Å². The molecule has 3 aromatic rings. The van der Waals surface area contributed by atoms with Crippen LogP contribution in [-0.2, 0) is 28.5 Å². The molecule has 4 rings (SSSR count). The highest BCUT2D eigenvalue weighted by atomic mass is 35.5. The number of rotatable bonds is 23. The Hall–Kier alpha value is -4.12. The minimum Gasteiger partial charge on any atom is -0.491 e. The van der Waals surface area contributed by atoms with Gasteiger partial charge >= 0.3 is 6.09 Å². The van der Waals surface area contributed by atoms with Gasteiger partial charge in [0.05, 0.1) is 83.9 Å². The molecule has 15 nitrogen and oxygen atoms in total. The van der Waals surface area contributed by atoms with Crippen LogP contribution >= 0.6 is 11.6 Å². The van der Waals surface area contributed by atoms with E-state index in [0.29, 0.717) is 107 Å². The van der Waals surface area contributed by atoms with Crippen LogP contribution in [-0.4, -0.2) is 123 Å². The van der Waals surface area contributed by atoms with Crippen LogP contribution in [0.5, 0.6) is 5.75 Å². The number of aliphatic imine (C=N–C) groups is 1. The number of aryl methyl sites for hydroxylation is 1. The molecule has 2 aromatic carbocycles. The van der Waals surface area contributed by atoms with Crippen LogP contribution in [0, 0.1) is 6.92 Å². The van der Waals surface area contributed by atoms with Gasteiger partial charge in [-0.2, -0.15) is 0 Å². The molecule has 0 saturated carbocycles. The number of benzene rings is 2. The molecule has 1 aromatic heterocycles. The number of carboxylic acid groups (broad SMARTS) is 1. The third-order valence-electron chi connectivity index (χ3n) is 7.27. The molecule has 2 heterocycles. The second kappa shape index (κ2) is 21.2. The number of carbonyl (C=O) groups excluding carboxylic acids is 1. The summed E-state index contributed by atoms with van der Waals surface area (Å²) in [5.41, 5.74) is 3.19. The summed E-state index contributed by atoms with van der Waals surface area (Å²) in [6.07, 6.45) is -0.947. The lowest BCUT2D eigenvalue weighted by atomic mass is 10.00. The Balaban J connectivity index is 1.20. The van der Waals surface area contributed by atoms with Gasteiger partial charge in [-0.25, -0.2) is 4.79 Å². The van der Waals surface area contributed by atoms with Crippen molar-refractivity contribution < 1.29 is 43.1 Å². The second-order valence-corrected chi connectivity index (χ2v) is 11.4. The molecule has 1 atom stereocenters. The molecule has 0 radical (unpaired) electrons. The largest absolute Gasteiger partial charge is 0.491 e. The number of amides is 2. The molecular formula is C34H45ClN6O9. The monoisotopic (exact) mass is 716 g/mol. The number of halogens is 1. The summed E-state index contributed by atoms with van der Waals surface area (Å²) in [5, 5.41) is 22.9. The van der Waals surface area contributed by atoms with E-state index in [1.165, 1.54) is 0 Å². The molecule has 16 heteroatoms. The van der Waals surface area contributed by atoms with Gasteiger partial charge in [0.25, 0.3) is 0 Å². The molecular weight excluding hydrogens is 672 g/mol. The molecule has 50 heavy (non-hydrogen) atoms. The average molecular weight is 717 g/mol. The molecule has 1 aliphatic rings. The van der Waals surface area contributed by atoms with E-state index < -0.39 is 12.1 Å². The van der Waals surface area contributed by atoms with Gasteiger partial charge < -0.3 is 44.2 Å². The summed E-state index contributed by atoms with van der Waals surface area (Å²) < 4.78 is 35.3. The van der Waals surface area contributed by atoms with E-state index in [1.807, 2.05) is 60.9 Å². The van der Waals surface area contributed by atoms with Gasteiger partial charge in [-0.05, 0) is 44.2 Å². The third kappa shape index (κ3) is 12.3. The van der Waals surface area contributed by atoms with E-state index >= 15 is 0 Å². The predicted octanol–water partition coefficient (Wildman–Crippen LogP) is 3.38. The summed E-state index contributed by atoms with van der Waals surface area (Å²) in [6.45, 7) is 8.88.